The molecule has 0 fully saturated rings. The van der Waals surface area contributed by atoms with Gasteiger partial charge in [0, 0.05) is 29.4 Å². The summed E-state index contributed by atoms with van der Waals surface area (Å²) in [5.41, 5.74) is -0.316. The lowest BCUT2D eigenvalue weighted by molar-refractivity contribution is 0.165. The molecule has 2 unspecified atom stereocenters. The highest BCUT2D eigenvalue weighted by Crippen LogP contribution is 2.19. The quantitative estimate of drug-likeness (QED) is 0.740. The van der Waals surface area contributed by atoms with Crippen LogP contribution in [0.3, 0.4) is 0 Å². The van der Waals surface area contributed by atoms with Crippen LogP contribution < -0.4 is 5.32 Å². The fourth-order valence-electron chi connectivity index (χ4n) is 1.57. The summed E-state index contributed by atoms with van der Waals surface area (Å²) in [6, 6.07) is 3.48. The van der Waals surface area contributed by atoms with Gasteiger partial charge in [-0.1, -0.05) is 6.07 Å². The number of nitrogens with one attached hydrogen (secondary N) is 1. The van der Waals surface area contributed by atoms with Crippen LogP contribution in [0.15, 0.2) is 18.2 Å². The first kappa shape index (κ1) is 15.2. The average molecular weight is 277 g/mol. The summed E-state index contributed by atoms with van der Waals surface area (Å²) in [7, 11) is -0.846. The minimum atomic E-state index is -1.22. The van der Waals surface area contributed by atoms with E-state index in [1.54, 1.807) is 6.26 Å². The molecule has 2 N–H and O–H groups in total. The van der Waals surface area contributed by atoms with Gasteiger partial charge in [-0.2, -0.15) is 0 Å². The van der Waals surface area contributed by atoms with Crippen molar-refractivity contribution in [2.24, 2.45) is 0 Å². The molecule has 0 amide bonds. The Kier molecular flexibility index (Phi) is 6.38. The summed E-state index contributed by atoms with van der Waals surface area (Å²) in [5.74, 6) is -0.935. The lowest BCUT2D eigenvalue weighted by atomic mass is 10.1. The van der Waals surface area contributed by atoms with Crippen molar-refractivity contribution in [3.63, 3.8) is 0 Å². The smallest absolute Gasteiger partial charge is 0.131 e. The normalized spacial score (nSPS) is 14.4. The standard InChI is InChI=1S/C12H17F2NO2S/c1-18(17)7-3-6-15-8-11(16)12-9(13)4-2-5-10(12)14/h2,4-5,11,15-16H,3,6-8H2,1H3. The summed E-state index contributed by atoms with van der Waals surface area (Å²) in [6.07, 6.45) is 1.08. The molecule has 0 aromatic heterocycles. The van der Waals surface area contributed by atoms with Gasteiger partial charge < -0.3 is 10.4 Å². The largest absolute Gasteiger partial charge is 0.387 e. The van der Waals surface area contributed by atoms with Crippen molar-refractivity contribution in [3.8, 4) is 0 Å². The lowest BCUT2D eigenvalue weighted by Crippen LogP contribution is -2.24. The number of aliphatic hydroxyl groups is 1. The summed E-state index contributed by atoms with van der Waals surface area (Å²) < 4.78 is 37.4. The second-order valence-corrected chi connectivity index (χ2v) is 5.54. The maximum absolute atomic E-state index is 13.3. The van der Waals surface area contributed by atoms with Gasteiger partial charge in [-0.25, -0.2) is 8.78 Å². The van der Waals surface area contributed by atoms with Crippen LogP contribution in [-0.2, 0) is 10.8 Å². The highest BCUT2D eigenvalue weighted by Gasteiger charge is 2.16. The van der Waals surface area contributed by atoms with Crippen LogP contribution in [0.25, 0.3) is 0 Å². The lowest BCUT2D eigenvalue weighted by Gasteiger charge is -2.13. The Hall–Kier alpha value is -0.850. The van der Waals surface area contributed by atoms with Crippen LogP contribution in [0, 0.1) is 11.6 Å². The molecule has 1 aromatic carbocycles. The fourth-order valence-corrected chi connectivity index (χ4v) is 2.12. The van der Waals surface area contributed by atoms with Crippen molar-refractivity contribution in [1.29, 1.82) is 0 Å². The molecule has 0 saturated carbocycles. The van der Waals surface area contributed by atoms with Crippen molar-refractivity contribution in [2.45, 2.75) is 12.5 Å². The molecule has 0 aliphatic carbocycles. The van der Waals surface area contributed by atoms with Gasteiger partial charge in [-0.3, -0.25) is 4.21 Å². The first-order valence-electron chi connectivity index (χ1n) is 5.65. The zero-order valence-corrected chi connectivity index (χ0v) is 11.0. The molecule has 18 heavy (non-hydrogen) atoms. The molecule has 1 rings (SSSR count). The van der Waals surface area contributed by atoms with E-state index in [-0.39, 0.29) is 12.1 Å². The van der Waals surface area contributed by atoms with Crippen molar-refractivity contribution >= 4 is 10.8 Å². The molecule has 0 aliphatic rings. The van der Waals surface area contributed by atoms with Gasteiger partial charge in [0.1, 0.15) is 11.6 Å². The maximum atomic E-state index is 13.3. The molecule has 6 heteroatoms. The Morgan fingerprint density at radius 3 is 2.56 bits per heavy atom. The minimum Gasteiger partial charge on any atom is -0.387 e. The summed E-state index contributed by atoms with van der Waals surface area (Å²) in [5, 5.41) is 12.6. The number of hydrogen-bond donors (Lipinski definition) is 2. The van der Waals surface area contributed by atoms with Gasteiger partial charge in [0.25, 0.3) is 0 Å². The third-order valence-electron chi connectivity index (χ3n) is 2.46. The van der Waals surface area contributed by atoms with Crippen molar-refractivity contribution in [3.05, 3.63) is 35.4 Å². The number of benzene rings is 1. The molecule has 102 valence electrons. The first-order chi connectivity index (χ1) is 8.52. The summed E-state index contributed by atoms with van der Waals surface area (Å²) in [4.78, 5) is 0. The third kappa shape index (κ3) is 4.80. The van der Waals surface area contributed by atoms with Gasteiger partial charge in [-0.15, -0.1) is 0 Å². The van der Waals surface area contributed by atoms with E-state index in [9.17, 15) is 18.1 Å². The molecule has 3 nitrogen and oxygen atoms in total. The number of aliphatic hydroxyl groups excluding tert-OH is 1. The second kappa shape index (κ2) is 7.56. The van der Waals surface area contributed by atoms with E-state index in [1.165, 1.54) is 6.07 Å². The van der Waals surface area contributed by atoms with Crippen molar-refractivity contribution < 1.29 is 18.1 Å². The maximum Gasteiger partial charge on any atom is 0.131 e. The van der Waals surface area contributed by atoms with Gasteiger partial charge in [-0.05, 0) is 25.1 Å². The predicted octanol–water partition coefficient (Wildman–Crippen LogP) is 1.36. The topological polar surface area (TPSA) is 49.3 Å². The minimum absolute atomic E-state index is 0.0637. The Balaban J connectivity index is 2.41. The van der Waals surface area contributed by atoms with E-state index in [0.29, 0.717) is 18.7 Å². The van der Waals surface area contributed by atoms with Crippen LogP contribution in [0.2, 0.25) is 0 Å². The SMILES string of the molecule is CS(=O)CCCNCC(O)c1c(F)cccc1F. The number of hydrogen-bond acceptors (Lipinski definition) is 3. The highest BCUT2D eigenvalue weighted by molar-refractivity contribution is 7.84. The monoisotopic (exact) mass is 277 g/mol. The van der Waals surface area contributed by atoms with Crippen LogP contribution in [0.4, 0.5) is 8.78 Å². The molecule has 1 aromatic rings. The van der Waals surface area contributed by atoms with Crippen LogP contribution in [-0.4, -0.2) is 34.4 Å². The number of rotatable bonds is 7. The van der Waals surface area contributed by atoms with Gasteiger partial charge in [0.2, 0.25) is 0 Å². The van der Waals surface area contributed by atoms with E-state index < -0.39 is 28.5 Å². The molecule has 0 spiro atoms. The molecule has 0 aliphatic heterocycles. The molecule has 0 radical (unpaired) electrons. The average Bonchev–Trinajstić information content (AvgIpc) is 2.27. The van der Waals surface area contributed by atoms with E-state index in [1.807, 2.05) is 0 Å². The van der Waals surface area contributed by atoms with E-state index in [0.717, 1.165) is 12.1 Å². The Morgan fingerprint density at radius 2 is 2.00 bits per heavy atom. The van der Waals surface area contributed by atoms with E-state index in [2.05, 4.69) is 5.32 Å². The molecular formula is C12H17F2NO2S. The summed E-state index contributed by atoms with van der Waals surface area (Å²) in [6.45, 7) is 0.612. The highest BCUT2D eigenvalue weighted by atomic mass is 32.2. The van der Waals surface area contributed by atoms with Crippen molar-refractivity contribution in [2.75, 3.05) is 25.1 Å². The van der Waals surface area contributed by atoms with Crippen molar-refractivity contribution in [1.82, 2.24) is 5.32 Å². The molecule has 0 saturated heterocycles. The number of halogens is 2. The molecule has 0 heterocycles. The Morgan fingerprint density at radius 1 is 1.39 bits per heavy atom. The third-order valence-corrected chi connectivity index (χ3v) is 3.32. The van der Waals surface area contributed by atoms with Gasteiger partial charge >= 0.3 is 0 Å². The van der Waals surface area contributed by atoms with Gasteiger partial charge in [0.15, 0.2) is 0 Å². The zero-order chi connectivity index (χ0) is 13.5. The zero-order valence-electron chi connectivity index (χ0n) is 10.2. The molecule has 2 atom stereocenters. The fraction of sp³-hybridized carbons (Fsp3) is 0.500. The van der Waals surface area contributed by atoms with Crippen LogP contribution >= 0.6 is 0 Å². The summed E-state index contributed by atoms with van der Waals surface area (Å²) >= 11 is 0. The predicted molar refractivity (Wildman–Crippen MR) is 67.7 cm³/mol. The van der Waals surface area contributed by atoms with Crippen LogP contribution in [0.1, 0.15) is 18.1 Å². The van der Waals surface area contributed by atoms with Crippen LogP contribution in [0.5, 0.6) is 0 Å². The van der Waals surface area contributed by atoms with E-state index in [4.69, 9.17) is 0 Å². The van der Waals surface area contributed by atoms with Gasteiger partial charge in [0.05, 0.1) is 11.7 Å². The first-order valence-corrected chi connectivity index (χ1v) is 7.37. The Labute approximate surface area is 108 Å². The molecule has 0 bridgehead atoms. The van der Waals surface area contributed by atoms with E-state index >= 15 is 0 Å². The Bertz CT molecular complexity index is 395. The second-order valence-electron chi connectivity index (χ2n) is 3.99. The molecular weight excluding hydrogens is 260 g/mol.